The smallest absolute Gasteiger partial charge is 0.344 e. The van der Waals surface area contributed by atoms with Crippen LogP contribution in [-0.4, -0.2) is 5.11 Å². The van der Waals surface area contributed by atoms with Gasteiger partial charge in [0.25, 0.3) is 0 Å². The molecule has 3 aromatic rings. The number of rotatable bonds is 0. The zero-order valence-corrected chi connectivity index (χ0v) is 8.61. The van der Waals surface area contributed by atoms with Crippen LogP contribution >= 0.6 is 0 Å². The summed E-state index contributed by atoms with van der Waals surface area (Å²) >= 11 is 0. The van der Waals surface area contributed by atoms with Gasteiger partial charge in [-0.2, -0.15) is 0 Å². The van der Waals surface area contributed by atoms with E-state index in [2.05, 4.69) is 0 Å². The summed E-state index contributed by atoms with van der Waals surface area (Å²) in [7, 11) is 0. The molecule has 0 unspecified atom stereocenters. The predicted octanol–water partition coefficient (Wildman–Crippen LogP) is 2.79. The molecule has 1 heterocycles. The van der Waals surface area contributed by atoms with Gasteiger partial charge in [-0.15, -0.1) is 0 Å². The second-order valence-electron chi connectivity index (χ2n) is 3.73. The van der Waals surface area contributed by atoms with E-state index in [4.69, 9.17) is 4.42 Å². The van der Waals surface area contributed by atoms with Crippen molar-refractivity contribution in [1.82, 2.24) is 0 Å². The molecule has 0 amide bonds. The third kappa shape index (κ3) is 1.38. The van der Waals surface area contributed by atoms with E-state index in [1.54, 1.807) is 24.3 Å². The minimum atomic E-state index is -0.756. The van der Waals surface area contributed by atoms with Crippen molar-refractivity contribution in [2.45, 2.75) is 0 Å². The van der Waals surface area contributed by atoms with Crippen LogP contribution in [-0.2, 0) is 0 Å². The number of phenolic OH excluding ortho intramolecular Hbond substituents is 1. The first kappa shape index (κ1) is 9.84. The number of aromatic hydroxyl groups is 1. The van der Waals surface area contributed by atoms with Gasteiger partial charge in [0.05, 0.1) is 5.39 Å². The van der Waals surface area contributed by atoms with Gasteiger partial charge in [0.2, 0.25) is 0 Å². The minimum Gasteiger partial charge on any atom is -0.505 e. The first-order valence-corrected chi connectivity index (χ1v) is 5.01. The molecule has 84 valence electrons. The van der Waals surface area contributed by atoms with Gasteiger partial charge in [-0.05, 0) is 18.2 Å². The first-order valence-electron chi connectivity index (χ1n) is 5.01. The van der Waals surface area contributed by atoms with E-state index < -0.39 is 17.2 Å². The van der Waals surface area contributed by atoms with Crippen LogP contribution in [0.5, 0.6) is 5.75 Å². The van der Waals surface area contributed by atoms with E-state index in [1.165, 1.54) is 0 Å². The lowest BCUT2D eigenvalue weighted by molar-refractivity contribution is 0.433. The standard InChI is InChI=1S/C13H7FO3/c14-10-5-8-7-3-1-2-4-12(7)17-13(16)9(8)6-11(10)15/h1-6,15H. The highest BCUT2D eigenvalue weighted by molar-refractivity contribution is 6.04. The maximum absolute atomic E-state index is 13.3. The summed E-state index contributed by atoms with van der Waals surface area (Å²) in [6, 6.07) is 9.10. The average Bonchev–Trinajstić information content (AvgIpc) is 2.32. The molecule has 0 saturated carbocycles. The van der Waals surface area contributed by atoms with Crippen LogP contribution in [0, 0.1) is 5.82 Å². The Morgan fingerprint density at radius 1 is 1.06 bits per heavy atom. The Labute approximate surface area is 94.7 Å². The molecule has 0 atom stereocenters. The Hall–Kier alpha value is -2.36. The van der Waals surface area contributed by atoms with Crippen LogP contribution in [0.25, 0.3) is 21.7 Å². The lowest BCUT2D eigenvalue weighted by Gasteiger charge is -2.03. The summed E-state index contributed by atoms with van der Waals surface area (Å²) in [4.78, 5) is 11.7. The van der Waals surface area contributed by atoms with Crippen molar-refractivity contribution in [2.75, 3.05) is 0 Å². The number of benzene rings is 2. The van der Waals surface area contributed by atoms with Crippen LogP contribution in [0.4, 0.5) is 4.39 Å². The quantitative estimate of drug-likeness (QED) is 0.477. The summed E-state index contributed by atoms with van der Waals surface area (Å²) < 4.78 is 18.4. The molecule has 0 aliphatic heterocycles. The fraction of sp³-hybridized carbons (Fsp3) is 0. The first-order chi connectivity index (χ1) is 8.16. The molecule has 0 radical (unpaired) electrons. The van der Waals surface area contributed by atoms with E-state index >= 15 is 0 Å². The Balaban J connectivity index is 2.65. The van der Waals surface area contributed by atoms with Gasteiger partial charge >= 0.3 is 5.63 Å². The molecule has 17 heavy (non-hydrogen) atoms. The van der Waals surface area contributed by atoms with Gasteiger partial charge in [0, 0.05) is 10.8 Å². The second-order valence-corrected chi connectivity index (χ2v) is 3.73. The third-order valence-electron chi connectivity index (χ3n) is 2.69. The molecule has 3 rings (SSSR count). The van der Waals surface area contributed by atoms with Crippen LogP contribution in [0.2, 0.25) is 0 Å². The van der Waals surface area contributed by atoms with Crippen LogP contribution in [0.15, 0.2) is 45.6 Å². The minimum absolute atomic E-state index is 0.169. The number of phenols is 1. The summed E-state index contributed by atoms with van der Waals surface area (Å²) in [5.41, 5.74) is -0.191. The number of hydrogen-bond donors (Lipinski definition) is 1. The molecule has 3 nitrogen and oxygen atoms in total. The highest BCUT2D eigenvalue weighted by Gasteiger charge is 2.10. The topological polar surface area (TPSA) is 50.4 Å². The SMILES string of the molecule is O=c1oc2ccccc2c2cc(F)c(O)cc12. The van der Waals surface area contributed by atoms with Crippen molar-refractivity contribution in [2.24, 2.45) is 0 Å². The summed E-state index contributed by atoms with van der Waals surface area (Å²) in [5.74, 6) is -1.31. The molecular formula is C13H7FO3. The van der Waals surface area contributed by atoms with E-state index in [0.717, 1.165) is 12.1 Å². The van der Waals surface area contributed by atoms with Crippen LogP contribution < -0.4 is 5.63 Å². The molecule has 0 bridgehead atoms. The molecule has 2 aromatic carbocycles. The van der Waals surface area contributed by atoms with Crippen LogP contribution in [0.1, 0.15) is 0 Å². The molecule has 0 fully saturated rings. The zero-order chi connectivity index (χ0) is 12.0. The molecule has 0 aliphatic rings. The summed E-state index contributed by atoms with van der Waals surface area (Å²) in [6.07, 6.45) is 0. The van der Waals surface area contributed by atoms with Gasteiger partial charge in [-0.25, -0.2) is 9.18 Å². The Kier molecular flexibility index (Phi) is 1.92. The molecular weight excluding hydrogens is 223 g/mol. The molecule has 0 aliphatic carbocycles. The predicted molar refractivity (Wildman–Crippen MR) is 61.6 cm³/mol. The fourth-order valence-electron chi connectivity index (χ4n) is 1.89. The average molecular weight is 230 g/mol. The van der Waals surface area contributed by atoms with E-state index in [0.29, 0.717) is 16.4 Å². The van der Waals surface area contributed by atoms with Gasteiger partial charge < -0.3 is 9.52 Å². The molecule has 0 spiro atoms. The van der Waals surface area contributed by atoms with E-state index in [-0.39, 0.29) is 5.39 Å². The largest absolute Gasteiger partial charge is 0.505 e. The maximum Gasteiger partial charge on any atom is 0.344 e. The lowest BCUT2D eigenvalue weighted by atomic mass is 10.1. The highest BCUT2D eigenvalue weighted by Crippen LogP contribution is 2.27. The fourth-order valence-corrected chi connectivity index (χ4v) is 1.89. The Bertz CT molecular complexity index is 790. The number of fused-ring (bicyclic) bond motifs is 3. The van der Waals surface area contributed by atoms with Gasteiger partial charge in [0.1, 0.15) is 5.58 Å². The van der Waals surface area contributed by atoms with Crippen molar-refractivity contribution >= 4 is 21.7 Å². The number of hydrogen-bond acceptors (Lipinski definition) is 3. The molecule has 0 saturated heterocycles. The Morgan fingerprint density at radius 3 is 2.65 bits per heavy atom. The summed E-state index contributed by atoms with van der Waals surface area (Å²) in [6.45, 7) is 0. The number of para-hydroxylation sites is 1. The molecule has 1 aromatic heterocycles. The van der Waals surface area contributed by atoms with Crippen molar-refractivity contribution in [3.63, 3.8) is 0 Å². The van der Waals surface area contributed by atoms with Crippen molar-refractivity contribution in [3.05, 3.63) is 52.6 Å². The van der Waals surface area contributed by atoms with Gasteiger partial charge in [-0.3, -0.25) is 0 Å². The lowest BCUT2D eigenvalue weighted by Crippen LogP contribution is -2.00. The third-order valence-corrected chi connectivity index (χ3v) is 2.69. The number of halogens is 1. The summed E-state index contributed by atoms with van der Waals surface area (Å²) in [5, 5.41) is 10.5. The Morgan fingerprint density at radius 2 is 1.82 bits per heavy atom. The molecule has 4 heteroatoms. The van der Waals surface area contributed by atoms with Gasteiger partial charge in [0.15, 0.2) is 11.6 Å². The maximum atomic E-state index is 13.3. The monoisotopic (exact) mass is 230 g/mol. The normalized spacial score (nSPS) is 11.1. The van der Waals surface area contributed by atoms with Crippen molar-refractivity contribution in [1.29, 1.82) is 0 Å². The zero-order valence-electron chi connectivity index (χ0n) is 8.61. The molecule has 1 N–H and O–H groups in total. The highest BCUT2D eigenvalue weighted by atomic mass is 19.1. The van der Waals surface area contributed by atoms with Crippen molar-refractivity contribution in [3.8, 4) is 5.75 Å². The van der Waals surface area contributed by atoms with Crippen LogP contribution in [0.3, 0.4) is 0 Å². The van der Waals surface area contributed by atoms with Gasteiger partial charge in [-0.1, -0.05) is 18.2 Å². The second kappa shape index (κ2) is 3.31. The van der Waals surface area contributed by atoms with Crippen molar-refractivity contribution < 1.29 is 13.9 Å². The van der Waals surface area contributed by atoms with E-state index in [1.807, 2.05) is 0 Å². The van der Waals surface area contributed by atoms with E-state index in [9.17, 15) is 14.3 Å².